The van der Waals surface area contributed by atoms with Crippen LogP contribution in [-0.4, -0.2) is 32.3 Å². The average molecular weight is 450 g/mol. The highest BCUT2D eigenvalue weighted by Crippen LogP contribution is 2.39. The number of nitrogens with two attached hydrogens (primary N) is 1. The molecule has 0 aliphatic heterocycles. The van der Waals surface area contributed by atoms with Gasteiger partial charge in [-0.05, 0) is 29.4 Å². The summed E-state index contributed by atoms with van der Waals surface area (Å²) in [5, 5.41) is 3.53. The summed E-state index contributed by atoms with van der Waals surface area (Å²) in [5.41, 5.74) is 6.85. The van der Waals surface area contributed by atoms with E-state index in [1.165, 1.54) is 19.2 Å². The van der Waals surface area contributed by atoms with Crippen LogP contribution in [0.3, 0.4) is 0 Å². The van der Waals surface area contributed by atoms with Crippen LogP contribution in [0.2, 0.25) is 10.0 Å². The molecule has 0 aliphatic carbocycles. The monoisotopic (exact) mass is 449 g/mol. The van der Waals surface area contributed by atoms with Crippen LogP contribution >= 0.6 is 23.2 Å². The molecule has 0 saturated carbocycles. The predicted octanol–water partition coefficient (Wildman–Crippen LogP) is 2.92. The Morgan fingerprint density at radius 3 is 2.53 bits per heavy atom. The molecule has 4 aromatic rings. The van der Waals surface area contributed by atoms with E-state index in [1.54, 1.807) is 29.8 Å². The fourth-order valence-electron chi connectivity index (χ4n) is 2.92. The first-order valence-corrected chi connectivity index (χ1v) is 9.12. The van der Waals surface area contributed by atoms with Crippen LogP contribution in [0.4, 0.5) is 0 Å². The summed E-state index contributed by atoms with van der Waals surface area (Å²) < 4.78 is 18.2. The molecule has 2 aromatic carbocycles. The molecule has 0 aliphatic rings. The molecular formula is C18H13Cl2N5O5. The third-order valence-corrected chi connectivity index (χ3v) is 4.84. The molecule has 0 unspecified atom stereocenters. The lowest BCUT2D eigenvalue weighted by Gasteiger charge is -2.12. The SMILES string of the molecule is COc1nc2ccc(Oc3c(Cl)cc(-n4c(C(N)=O)noc4=O)cc3Cl)cc2n1C. The molecule has 0 spiro atoms. The molecule has 10 nitrogen and oxygen atoms in total. The number of fused-ring (bicyclic) bond motifs is 1. The minimum atomic E-state index is -0.951. The van der Waals surface area contributed by atoms with Gasteiger partial charge in [0.05, 0.1) is 33.9 Å². The smallest absolute Gasteiger partial charge is 0.446 e. The van der Waals surface area contributed by atoms with Crippen molar-refractivity contribution in [1.82, 2.24) is 19.3 Å². The number of aryl methyl sites for hydroxylation is 1. The summed E-state index contributed by atoms with van der Waals surface area (Å²) in [7, 11) is 3.34. The number of amides is 1. The lowest BCUT2D eigenvalue weighted by atomic mass is 10.2. The zero-order valence-electron chi connectivity index (χ0n) is 15.6. The topological polar surface area (TPSA) is 127 Å². The third kappa shape index (κ3) is 3.25. The van der Waals surface area contributed by atoms with E-state index in [-0.39, 0.29) is 21.5 Å². The van der Waals surface area contributed by atoms with E-state index in [0.717, 1.165) is 15.6 Å². The number of methoxy groups -OCH3 is 1. The van der Waals surface area contributed by atoms with Crippen LogP contribution < -0.4 is 21.0 Å². The molecule has 30 heavy (non-hydrogen) atoms. The van der Waals surface area contributed by atoms with Gasteiger partial charge in [0, 0.05) is 13.1 Å². The van der Waals surface area contributed by atoms with E-state index in [0.29, 0.717) is 11.8 Å². The summed E-state index contributed by atoms with van der Waals surface area (Å²) in [6.45, 7) is 0. The fourth-order valence-corrected chi connectivity index (χ4v) is 3.47. The van der Waals surface area contributed by atoms with E-state index >= 15 is 0 Å². The molecule has 2 heterocycles. The second-order valence-corrected chi connectivity index (χ2v) is 6.93. The van der Waals surface area contributed by atoms with Crippen molar-refractivity contribution in [1.29, 1.82) is 0 Å². The van der Waals surface area contributed by atoms with Crippen molar-refractivity contribution in [3.05, 3.63) is 56.8 Å². The van der Waals surface area contributed by atoms with Crippen molar-refractivity contribution < 1.29 is 18.8 Å². The van der Waals surface area contributed by atoms with E-state index in [9.17, 15) is 9.59 Å². The Balaban J connectivity index is 1.74. The lowest BCUT2D eigenvalue weighted by molar-refractivity contribution is 0.0985. The maximum atomic E-state index is 11.9. The maximum Gasteiger partial charge on any atom is 0.446 e. The van der Waals surface area contributed by atoms with Gasteiger partial charge >= 0.3 is 5.76 Å². The lowest BCUT2D eigenvalue weighted by Crippen LogP contribution is -2.22. The molecule has 2 aromatic heterocycles. The van der Waals surface area contributed by atoms with E-state index in [2.05, 4.69) is 14.7 Å². The van der Waals surface area contributed by atoms with Crippen LogP contribution in [0, 0.1) is 0 Å². The van der Waals surface area contributed by atoms with Crippen molar-refractivity contribution in [2.75, 3.05) is 7.11 Å². The first-order chi connectivity index (χ1) is 14.3. The molecule has 154 valence electrons. The highest BCUT2D eigenvalue weighted by molar-refractivity contribution is 6.37. The molecular weight excluding hydrogens is 437 g/mol. The Morgan fingerprint density at radius 2 is 1.90 bits per heavy atom. The average Bonchev–Trinajstić information content (AvgIpc) is 3.24. The maximum absolute atomic E-state index is 11.9. The van der Waals surface area contributed by atoms with Crippen LogP contribution in [0.5, 0.6) is 17.5 Å². The minimum absolute atomic E-state index is 0.0868. The summed E-state index contributed by atoms with van der Waals surface area (Å²) in [5.74, 6) is -1.66. The summed E-state index contributed by atoms with van der Waals surface area (Å²) in [6, 6.07) is 8.41. The third-order valence-electron chi connectivity index (χ3n) is 4.28. The van der Waals surface area contributed by atoms with Gasteiger partial charge in [-0.3, -0.25) is 13.9 Å². The van der Waals surface area contributed by atoms with Gasteiger partial charge < -0.3 is 15.2 Å². The van der Waals surface area contributed by atoms with Gasteiger partial charge in [0.15, 0.2) is 5.75 Å². The first kappa shape index (κ1) is 19.8. The van der Waals surface area contributed by atoms with Crippen LogP contribution in [0.1, 0.15) is 10.6 Å². The normalized spacial score (nSPS) is 11.1. The first-order valence-electron chi connectivity index (χ1n) is 8.36. The minimum Gasteiger partial charge on any atom is -0.468 e. The number of hydrogen-bond donors (Lipinski definition) is 1. The van der Waals surface area contributed by atoms with Gasteiger partial charge in [-0.2, -0.15) is 4.98 Å². The van der Waals surface area contributed by atoms with Crippen LogP contribution in [-0.2, 0) is 7.05 Å². The van der Waals surface area contributed by atoms with E-state index in [4.69, 9.17) is 38.4 Å². The van der Waals surface area contributed by atoms with Gasteiger partial charge in [0.1, 0.15) is 5.75 Å². The molecule has 12 heteroatoms. The Hall–Kier alpha value is -3.50. The number of primary amides is 1. The predicted molar refractivity (Wildman–Crippen MR) is 108 cm³/mol. The number of rotatable bonds is 5. The van der Waals surface area contributed by atoms with Crippen molar-refractivity contribution in [2.45, 2.75) is 0 Å². The number of benzene rings is 2. The van der Waals surface area contributed by atoms with Crippen molar-refractivity contribution in [2.24, 2.45) is 12.8 Å². The van der Waals surface area contributed by atoms with Gasteiger partial charge in [-0.1, -0.05) is 23.2 Å². The Kier molecular flexibility index (Phi) is 4.88. The number of aromatic nitrogens is 4. The standard InChI is InChI=1S/C18H13Cl2N5O5/c1-24-13-7-9(3-4-12(13)22-17(24)28-2)29-14-10(19)5-8(6-11(14)20)25-16(15(21)26)23-30-18(25)27/h3-7H,1-2H3,(H2,21,26). The van der Waals surface area contributed by atoms with Gasteiger partial charge in [-0.25, -0.2) is 9.36 Å². The molecule has 0 saturated heterocycles. The van der Waals surface area contributed by atoms with Gasteiger partial charge in [0.2, 0.25) is 5.82 Å². The van der Waals surface area contributed by atoms with Crippen LogP contribution in [0.15, 0.2) is 39.6 Å². The quantitative estimate of drug-likeness (QED) is 0.495. The molecule has 2 N–H and O–H groups in total. The van der Waals surface area contributed by atoms with Crippen molar-refractivity contribution in [3.8, 4) is 23.2 Å². The number of hydrogen-bond acceptors (Lipinski definition) is 7. The molecule has 4 rings (SSSR count). The van der Waals surface area contributed by atoms with Gasteiger partial charge in [0.25, 0.3) is 11.9 Å². The molecule has 0 radical (unpaired) electrons. The number of imidazole rings is 1. The highest BCUT2D eigenvalue weighted by Gasteiger charge is 2.20. The zero-order chi connectivity index (χ0) is 21.6. The van der Waals surface area contributed by atoms with Crippen molar-refractivity contribution >= 4 is 40.1 Å². The van der Waals surface area contributed by atoms with Crippen molar-refractivity contribution in [3.63, 3.8) is 0 Å². The second-order valence-electron chi connectivity index (χ2n) is 6.12. The number of carbonyl (C=O) groups is 1. The summed E-state index contributed by atoms with van der Waals surface area (Å²) in [4.78, 5) is 27.7. The number of ether oxygens (including phenoxy) is 2. The number of halogens is 2. The molecule has 1 amide bonds. The Bertz CT molecular complexity index is 1330. The van der Waals surface area contributed by atoms with E-state index in [1.807, 2.05) is 0 Å². The highest BCUT2D eigenvalue weighted by atomic mass is 35.5. The van der Waals surface area contributed by atoms with E-state index < -0.39 is 17.5 Å². The summed E-state index contributed by atoms with van der Waals surface area (Å²) in [6.07, 6.45) is 0. The van der Waals surface area contributed by atoms with Gasteiger partial charge in [-0.15, -0.1) is 0 Å². The fraction of sp³-hybridized carbons (Fsp3) is 0.111. The van der Waals surface area contributed by atoms with Crippen LogP contribution in [0.25, 0.3) is 16.7 Å². The molecule has 0 fully saturated rings. The molecule has 0 bridgehead atoms. The molecule has 0 atom stereocenters. The summed E-state index contributed by atoms with van der Waals surface area (Å²) >= 11 is 12.7. The Morgan fingerprint density at radius 1 is 1.20 bits per heavy atom. The Labute approximate surface area is 178 Å². The number of nitrogens with zero attached hydrogens (tertiary/aromatic N) is 4. The zero-order valence-corrected chi connectivity index (χ0v) is 17.1. The largest absolute Gasteiger partial charge is 0.468 e. The number of carbonyl (C=O) groups excluding carboxylic acids is 1. The second kappa shape index (κ2) is 7.39.